The van der Waals surface area contributed by atoms with Crippen molar-refractivity contribution in [3.05, 3.63) is 55.0 Å². The second-order valence-corrected chi connectivity index (χ2v) is 4.87. The van der Waals surface area contributed by atoms with Crippen molar-refractivity contribution in [2.45, 2.75) is 4.90 Å². The van der Waals surface area contributed by atoms with Gasteiger partial charge in [-0.15, -0.1) is 16.9 Å². The molecule has 0 atom stereocenters. The molecule has 0 bridgehead atoms. The molecule has 2 heterocycles. The lowest BCUT2D eigenvalue weighted by atomic mass is 10.2. The molecule has 0 aliphatic heterocycles. The van der Waals surface area contributed by atoms with E-state index in [-0.39, 0.29) is 0 Å². The van der Waals surface area contributed by atoms with E-state index in [2.05, 4.69) is 33.7 Å². The summed E-state index contributed by atoms with van der Waals surface area (Å²) in [5.74, 6) is 0. The van der Waals surface area contributed by atoms with Gasteiger partial charge in [0.2, 0.25) is 0 Å². The van der Waals surface area contributed by atoms with Crippen molar-refractivity contribution in [3.8, 4) is 16.9 Å². The van der Waals surface area contributed by atoms with Crippen molar-refractivity contribution in [1.82, 2.24) is 20.0 Å². The molecule has 0 N–H and O–H groups in total. The molecule has 0 saturated heterocycles. The Bertz CT molecular complexity index is 679. The maximum atomic E-state index is 4.21. The van der Waals surface area contributed by atoms with Crippen molar-refractivity contribution in [2.24, 2.45) is 0 Å². The molecule has 0 radical (unpaired) electrons. The van der Waals surface area contributed by atoms with E-state index in [9.17, 15) is 0 Å². The van der Waals surface area contributed by atoms with Crippen LogP contribution in [0.15, 0.2) is 59.9 Å². The van der Waals surface area contributed by atoms with Crippen molar-refractivity contribution < 1.29 is 0 Å². The monoisotopic (exact) mass is 268 g/mol. The maximum Gasteiger partial charge on any atom is 0.113 e. The van der Waals surface area contributed by atoms with Gasteiger partial charge in [-0.1, -0.05) is 17.3 Å². The third-order valence-corrected chi connectivity index (χ3v) is 3.49. The van der Waals surface area contributed by atoms with Gasteiger partial charge in [0.15, 0.2) is 0 Å². The fourth-order valence-corrected chi connectivity index (χ4v) is 2.25. The molecule has 0 unspecified atom stereocenters. The highest BCUT2D eigenvalue weighted by Crippen LogP contribution is 2.23. The van der Waals surface area contributed by atoms with Gasteiger partial charge in [0.05, 0.1) is 18.1 Å². The zero-order valence-corrected chi connectivity index (χ0v) is 11.2. The number of thioether (sulfide) groups is 1. The molecule has 5 heteroatoms. The SMILES string of the molecule is CSc1cccc(-c2cn(-c3cccnc3)nn2)c1. The van der Waals surface area contributed by atoms with Gasteiger partial charge in [0.1, 0.15) is 5.69 Å². The number of pyridine rings is 1. The van der Waals surface area contributed by atoms with Gasteiger partial charge in [0, 0.05) is 16.7 Å². The van der Waals surface area contributed by atoms with E-state index in [4.69, 9.17) is 0 Å². The third kappa shape index (κ3) is 2.51. The Labute approximate surface area is 115 Å². The van der Waals surface area contributed by atoms with Crippen molar-refractivity contribution in [2.75, 3.05) is 6.26 Å². The van der Waals surface area contributed by atoms with Gasteiger partial charge in [-0.2, -0.15) is 0 Å². The summed E-state index contributed by atoms with van der Waals surface area (Å²) < 4.78 is 1.73. The lowest BCUT2D eigenvalue weighted by Gasteiger charge is -1.99. The van der Waals surface area contributed by atoms with Crippen LogP contribution in [0.1, 0.15) is 0 Å². The highest BCUT2D eigenvalue weighted by Gasteiger charge is 2.05. The second kappa shape index (κ2) is 5.24. The first-order valence-corrected chi connectivity index (χ1v) is 7.06. The van der Waals surface area contributed by atoms with E-state index in [0.29, 0.717) is 0 Å². The second-order valence-electron chi connectivity index (χ2n) is 3.99. The highest BCUT2D eigenvalue weighted by molar-refractivity contribution is 7.98. The summed E-state index contributed by atoms with van der Waals surface area (Å²) in [4.78, 5) is 5.29. The first kappa shape index (κ1) is 11.9. The molecule has 94 valence electrons. The van der Waals surface area contributed by atoms with E-state index in [1.54, 1.807) is 28.8 Å². The van der Waals surface area contributed by atoms with Gasteiger partial charge in [-0.05, 0) is 30.5 Å². The molecule has 0 saturated carbocycles. The van der Waals surface area contributed by atoms with Crippen LogP contribution in [0.3, 0.4) is 0 Å². The van der Waals surface area contributed by atoms with E-state index in [1.165, 1.54) is 4.90 Å². The predicted octanol–water partition coefficient (Wildman–Crippen LogP) is 3.05. The Morgan fingerprint density at radius 1 is 1.16 bits per heavy atom. The Morgan fingerprint density at radius 3 is 2.89 bits per heavy atom. The Kier molecular flexibility index (Phi) is 3.29. The molecule has 4 nitrogen and oxygen atoms in total. The minimum absolute atomic E-state index is 0.861. The lowest BCUT2D eigenvalue weighted by molar-refractivity contribution is 0.800. The molecule has 2 aromatic heterocycles. The number of nitrogens with zero attached hydrogens (tertiary/aromatic N) is 4. The van der Waals surface area contributed by atoms with Crippen LogP contribution in [0, 0.1) is 0 Å². The smallest absolute Gasteiger partial charge is 0.113 e. The average Bonchev–Trinajstić information content (AvgIpc) is 2.98. The first-order chi connectivity index (χ1) is 9.36. The Morgan fingerprint density at radius 2 is 2.11 bits per heavy atom. The van der Waals surface area contributed by atoms with Crippen LogP contribution in [0.5, 0.6) is 0 Å². The van der Waals surface area contributed by atoms with E-state index < -0.39 is 0 Å². The van der Waals surface area contributed by atoms with Crippen LogP contribution in [0.4, 0.5) is 0 Å². The molecule has 3 rings (SSSR count). The Hall–Kier alpha value is -2.14. The van der Waals surface area contributed by atoms with Gasteiger partial charge in [-0.25, -0.2) is 4.68 Å². The van der Waals surface area contributed by atoms with Crippen LogP contribution in [-0.2, 0) is 0 Å². The molecule has 0 fully saturated rings. The van der Waals surface area contributed by atoms with Crippen LogP contribution in [-0.4, -0.2) is 26.2 Å². The van der Waals surface area contributed by atoms with Crippen LogP contribution < -0.4 is 0 Å². The maximum absolute atomic E-state index is 4.21. The van der Waals surface area contributed by atoms with Gasteiger partial charge in [0.25, 0.3) is 0 Å². The lowest BCUT2D eigenvalue weighted by Crippen LogP contribution is -1.94. The number of hydrogen-bond acceptors (Lipinski definition) is 4. The summed E-state index contributed by atoms with van der Waals surface area (Å²) in [6.45, 7) is 0. The van der Waals surface area contributed by atoms with Crippen LogP contribution in [0.25, 0.3) is 16.9 Å². The zero-order chi connectivity index (χ0) is 13.1. The molecule has 0 spiro atoms. The van der Waals surface area contributed by atoms with Gasteiger partial charge >= 0.3 is 0 Å². The van der Waals surface area contributed by atoms with Crippen molar-refractivity contribution in [3.63, 3.8) is 0 Å². The summed E-state index contributed by atoms with van der Waals surface area (Å²) >= 11 is 1.72. The molecule has 19 heavy (non-hydrogen) atoms. The van der Waals surface area contributed by atoms with Crippen molar-refractivity contribution in [1.29, 1.82) is 0 Å². The summed E-state index contributed by atoms with van der Waals surface area (Å²) in [6, 6.07) is 12.1. The molecule has 0 aliphatic rings. The molecular weight excluding hydrogens is 256 g/mol. The first-order valence-electron chi connectivity index (χ1n) is 5.84. The van der Waals surface area contributed by atoms with Crippen molar-refractivity contribution >= 4 is 11.8 Å². The molecule has 0 amide bonds. The summed E-state index contributed by atoms with van der Waals surface area (Å²) in [5, 5.41) is 8.35. The third-order valence-electron chi connectivity index (χ3n) is 2.77. The van der Waals surface area contributed by atoms with E-state index in [0.717, 1.165) is 16.9 Å². The Balaban J connectivity index is 1.97. The molecule has 3 aromatic rings. The van der Waals surface area contributed by atoms with Crippen LogP contribution in [0.2, 0.25) is 0 Å². The van der Waals surface area contributed by atoms with E-state index >= 15 is 0 Å². The molecule has 0 aliphatic carbocycles. The largest absolute Gasteiger partial charge is 0.262 e. The predicted molar refractivity (Wildman–Crippen MR) is 76.4 cm³/mol. The minimum atomic E-state index is 0.861. The van der Waals surface area contributed by atoms with Gasteiger partial charge in [-0.3, -0.25) is 4.98 Å². The normalized spacial score (nSPS) is 10.6. The number of benzene rings is 1. The van der Waals surface area contributed by atoms with Gasteiger partial charge < -0.3 is 0 Å². The molecule has 1 aromatic carbocycles. The standard InChI is InChI=1S/C14H12N4S/c1-19-13-6-2-4-11(8-13)14-10-18(17-16-14)12-5-3-7-15-9-12/h2-10H,1H3. The summed E-state index contributed by atoms with van der Waals surface area (Å²) in [5.41, 5.74) is 2.84. The fraction of sp³-hybridized carbons (Fsp3) is 0.0714. The number of rotatable bonds is 3. The number of aromatic nitrogens is 4. The highest BCUT2D eigenvalue weighted by atomic mass is 32.2. The quantitative estimate of drug-likeness (QED) is 0.685. The average molecular weight is 268 g/mol. The summed E-state index contributed by atoms with van der Waals surface area (Å²) in [7, 11) is 0. The fourth-order valence-electron chi connectivity index (χ4n) is 1.79. The van der Waals surface area contributed by atoms with Crippen LogP contribution >= 0.6 is 11.8 Å². The molecular formula is C14H12N4S. The number of hydrogen-bond donors (Lipinski definition) is 0. The topological polar surface area (TPSA) is 43.6 Å². The minimum Gasteiger partial charge on any atom is -0.262 e. The zero-order valence-electron chi connectivity index (χ0n) is 10.4. The summed E-state index contributed by atoms with van der Waals surface area (Å²) in [6.07, 6.45) is 7.47. The van der Waals surface area contributed by atoms with E-state index in [1.807, 2.05) is 30.5 Å².